The molecule has 0 aromatic carbocycles. The summed E-state index contributed by atoms with van der Waals surface area (Å²) in [6.07, 6.45) is -4.66. The fraction of sp³-hybridized carbons (Fsp3) is 0.700. The van der Waals surface area contributed by atoms with Gasteiger partial charge >= 0.3 is 6.18 Å². The molecule has 0 aliphatic rings. The molecule has 0 spiro atoms. The fourth-order valence-corrected chi connectivity index (χ4v) is 2.36. The van der Waals surface area contributed by atoms with E-state index in [1.54, 1.807) is 13.8 Å². The SMILES string of the molecule is CC(C)OCc1nn(CCC(F)(F)F)cc1S(=O)(=O)Cl. The molecule has 0 aliphatic carbocycles. The van der Waals surface area contributed by atoms with E-state index >= 15 is 0 Å². The van der Waals surface area contributed by atoms with Crippen LogP contribution >= 0.6 is 10.7 Å². The van der Waals surface area contributed by atoms with Crippen molar-refractivity contribution < 1.29 is 26.3 Å². The van der Waals surface area contributed by atoms with Crippen molar-refractivity contribution >= 4 is 19.7 Å². The minimum Gasteiger partial charge on any atom is -0.372 e. The number of nitrogens with zero attached hydrogens (tertiary/aromatic N) is 2. The van der Waals surface area contributed by atoms with E-state index in [1.165, 1.54) is 0 Å². The topological polar surface area (TPSA) is 61.2 Å². The predicted molar refractivity (Wildman–Crippen MR) is 65.9 cm³/mol. The molecule has 116 valence electrons. The zero-order valence-corrected chi connectivity index (χ0v) is 12.4. The van der Waals surface area contributed by atoms with Gasteiger partial charge in [0.05, 0.1) is 19.1 Å². The van der Waals surface area contributed by atoms with Gasteiger partial charge in [0.2, 0.25) is 0 Å². The average Bonchev–Trinajstić information content (AvgIpc) is 2.65. The van der Waals surface area contributed by atoms with Gasteiger partial charge in [-0.15, -0.1) is 0 Å². The van der Waals surface area contributed by atoms with Crippen LogP contribution in [0, 0.1) is 0 Å². The maximum Gasteiger partial charge on any atom is 0.390 e. The first-order chi connectivity index (χ1) is 8.99. The Morgan fingerprint density at radius 2 is 2.05 bits per heavy atom. The summed E-state index contributed by atoms with van der Waals surface area (Å²) in [5.74, 6) is 0. The molecule has 0 atom stereocenters. The minimum atomic E-state index is -4.35. The van der Waals surface area contributed by atoms with Gasteiger partial charge in [-0.1, -0.05) is 0 Å². The Bertz CT molecular complexity index is 555. The number of aryl methyl sites for hydroxylation is 1. The van der Waals surface area contributed by atoms with Crippen molar-refractivity contribution in [1.29, 1.82) is 0 Å². The van der Waals surface area contributed by atoms with E-state index < -0.39 is 28.2 Å². The summed E-state index contributed by atoms with van der Waals surface area (Å²) in [5, 5.41) is 3.78. The van der Waals surface area contributed by atoms with Crippen LogP contribution in [0.1, 0.15) is 26.0 Å². The van der Waals surface area contributed by atoms with Crippen LogP contribution in [0.2, 0.25) is 0 Å². The van der Waals surface area contributed by atoms with Crippen molar-refractivity contribution in [1.82, 2.24) is 9.78 Å². The first kappa shape index (κ1) is 17.3. The molecule has 0 amide bonds. The lowest BCUT2D eigenvalue weighted by atomic mass is 10.4. The zero-order valence-electron chi connectivity index (χ0n) is 10.8. The molecule has 0 N–H and O–H groups in total. The van der Waals surface area contributed by atoms with Crippen molar-refractivity contribution in [2.24, 2.45) is 0 Å². The van der Waals surface area contributed by atoms with E-state index in [-0.39, 0.29) is 23.3 Å². The van der Waals surface area contributed by atoms with Crippen molar-refractivity contribution in [2.45, 2.75) is 50.6 Å². The molecule has 10 heteroatoms. The van der Waals surface area contributed by atoms with Crippen LogP contribution in [0.3, 0.4) is 0 Å². The van der Waals surface area contributed by atoms with Gasteiger partial charge in [-0.2, -0.15) is 18.3 Å². The number of aromatic nitrogens is 2. The molecule has 0 fully saturated rings. The molecule has 0 aliphatic heterocycles. The molecule has 0 saturated heterocycles. The first-order valence-electron chi connectivity index (χ1n) is 5.68. The van der Waals surface area contributed by atoms with Crippen LogP contribution in [0.25, 0.3) is 0 Å². The second-order valence-corrected chi connectivity index (χ2v) is 6.90. The van der Waals surface area contributed by atoms with E-state index in [1.807, 2.05) is 0 Å². The Labute approximate surface area is 119 Å². The van der Waals surface area contributed by atoms with Gasteiger partial charge in [-0.25, -0.2) is 8.42 Å². The first-order valence-corrected chi connectivity index (χ1v) is 7.99. The smallest absolute Gasteiger partial charge is 0.372 e. The van der Waals surface area contributed by atoms with Crippen LogP contribution in [-0.4, -0.2) is 30.5 Å². The van der Waals surface area contributed by atoms with Gasteiger partial charge in [0.25, 0.3) is 9.05 Å². The average molecular weight is 335 g/mol. The van der Waals surface area contributed by atoms with Gasteiger partial charge in [0.15, 0.2) is 0 Å². The second-order valence-electron chi connectivity index (χ2n) is 4.37. The van der Waals surface area contributed by atoms with Crippen LogP contribution in [0.15, 0.2) is 11.1 Å². The minimum absolute atomic E-state index is 0.00382. The van der Waals surface area contributed by atoms with Crippen LogP contribution in [0.4, 0.5) is 13.2 Å². The number of hydrogen-bond donors (Lipinski definition) is 0. The van der Waals surface area contributed by atoms with Crippen molar-refractivity contribution in [3.63, 3.8) is 0 Å². The zero-order chi connectivity index (χ0) is 15.6. The number of alkyl halides is 3. The van der Waals surface area contributed by atoms with E-state index in [0.717, 1.165) is 10.9 Å². The number of hydrogen-bond acceptors (Lipinski definition) is 4. The summed E-state index contributed by atoms with van der Waals surface area (Å²) in [6, 6.07) is 0. The van der Waals surface area contributed by atoms with E-state index in [0.29, 0.717) is 0 Å². The van der Waals surface area contributed by atoms with Crippen LogP contribution in [0.5, 0.6) is 0 Å². The summed E-state index contributed by atoms with van der Waals surface area (Å²) in [6.45, 7) is 2.84. The molecule has 1 heterocycles. The third kappa shape index (κ3) is 5.68. The third-order valence-electron chi connectivity index (χ3n) is 2.24. The highest BCUT2D eigenvalue weighted by atomic mass is 35.7. The molecule has 0 unspecified atom stereocenters. The lowest BCUT2D eigenvalue weighted by Gasteiger charge is -2.06. The highest BCUT2D eigenvalue weighted by Gasteiger charge is 2.28. The van der Waals surface area contributed by atoms with Gasteiger partial charge in [-0.3, -0.25) is 4.68 Å². The van der Waals surface area contributed by atoms with Gasteiger partial charge < -0.3 is 4.74 Å². The molecule has 1 rings (SSSR count). The molecule has 1 aromatic heterocycles. The summed E-state index contributed by atoms with van der Waals surface area (Å²) in [7, 11) is 1.14. The predicted octanol–water partition coefficient (Wildman–Crippen LogP) is 2.69. The monoisotopic (exact) mass is 334 g/mol. The van der Waals surface area contributed by atoms with E-state index in [9.17, 15) is 21.6 Å². The number of ether oxygens (including phenoxy) is 1. The highest BCUT2D eigenvalue weighted by Crippen LogP contribution is 2.23. The normalized spacial score (nSPS) is 13.2. The molecule has 0 bridgehead atoms. The lowest BCUT2D eigenvalue weighted by Crippen LogP contribution is -2.12. The third-order valence-corrected chi connectivity index (χ3v) is 3.61. The van der Waals surface area contributed by atoms with Crippen LogP contribution in [-0.2, 0) is 26.9 Å². The molecular formula is C10H14ClF3N2O3S. The van der Waals surface area contributed by atoms with E-state index in [4.69, 9.17) is 15.4 Å². The summed E-state index contributed by atoms with van der Waals surface area (Å²) < 4.78 is 65.2. The van der Waals surface area contributed by atoms with Crippen molar-refractivity contribution in [3.05, 3.63) is 11.9 Å². The summed E-state index contributed by atoms with van der Waals surface area (Å²) in [5.41, 5.74) is -0.00382. The second kappa shape index (κ2) is 6.31. The Hall–Kier alpha value is -0.800. The van der Waals surface area contributed by atoms with Gasteiger partial charge in [0, 0.05) is 23.4 Å². The largest absolute Gasteiger partial charge is 0.390 e. The summed E-state index contributed by atoms with van der Waals surface area (Å²) in [4.78, 5) is -0.331. The quantitative estimate of drug-likeness (QED) is 0.750. The lowest BCUT2D eigenvalue weighted by molar-refractivity contribution is -0.137. The van der Waals surface area contributed by atoms with E-state index in [2.05, 4.69) is 5.10 Å². The molecule has 1 aromatic rings. The Morgan fingerprint density at radius 3 is 2.50 bits per heavy atom. The maximum absolute atomic E-state index is 12.1. The Balaban J connectivity index is 2.94. The molecular weight excluding hydrogens is 321 g/mol. The molecule has 20 heavy (non-hydrogen) atoms. The molecule has 5 nitrogen and oxygen atoms in total. The van der Waals surface area contributed by atoms with Crippen molar-refractivity contribution in [3.8, 4) is 0 Å². The van der Waals surface area contributed by atoms with Crippen LogP contribution < -0.4 is 0 Å². The molecule has 0 radical (unpaired) electrons. The maximum atomic E-state index is 12.1. The number of rotatable bonds is 6. The number of halogens is 4. The fourth-order valence-electron chi connectivity index (χ4n) is 1.35. The van der Waals surface area contributed by atoms with Crippen molar-refractivity contribution in [2.75, 3.05) is 0 Å². The Kier molecular flexibility index (Phi) is 5.45. The summed E-state index contributed by atoms with van der Waals surface area (Å²) >= 11 is 0. The molecule has 0 saturated carbocycles. The highest BCUT2D eigenvalue weighted by molar-refractivity contribution is 8.13. The van der Waals surface area contributed by atoms with Gasteiger partial charge in [0.1, 0.15) is 10.6 Å². The Morgan fingerprint density at radius 1 is 1.45 bits per heavy atom. The van der Waals surface area contributed by atoms with Gasteiger partial charge in [-0.05, 0) is 13.8 Å². The standard InChI is InChI=1S/C10H14ClF3N2O3S/c1-7(2)19-6-8-9(20(11,17)18)5-16(15-8)4-3-10(12,13)14/h5,7H,3-4,6H2,1-2H3.